The summed E-state index contributed by atoms with van der Waals surface area (Å²) in [6.07, 6.45) is 2.72. The molecule has 0 aliphatic rings. The Hall–Kier alpha value is -1.73. The first-order valence-electron chi connectivity index (χ1n) is 5.85. The van der Waals surface area contributed by atoms with Crippen molar-refractivity contribution in [1.29, 1.82) is 0 Å². The molecule has 6 nitrogen and oxygen atoms in total. The Kier molecular flexibility index (Phi) is 4.20. The van der Waals surface area contributed by atoms with Crippen molar-refractivity contribution in [3.05, 3.63) is 40.9 Å². The van der Waals surface area contributed by atoms with Crippen LogP contribution in [0.4, 0.5) is 11.4 Å². The molecular formula is C12H15ClN4O2S. The summed E-state index contributed by atoms with van der Waals surface area (Å²) in [5.74, 6) is 0. The molecule has 0 aliphatic carbocycles. The average molecular weight is 315 g/mol. The number of rotatable bonds is 5. The van der Waals surface area contributed by atoms with Crippen LogP contribution < -0.4 is 10.0 Å². The van der Waals surface area contributed by atoms with Crippen LogP contribution in [0.2, 0.25) is 5.02 Å². The molecule has 0 bridgehead atoms. The second kappa shape index (κ2) is 5.72. The summed E-state index contributed by atoms with van der Waals surface area (Å²) in [5, 5.41) is 3.51. The summed E-state index contributed by atoms with van der Waals surface area (Å²) in [6.45, 7) is 2.50. The van der Waals surface area contributed by atoms with Gasteiger partial charge in [-0.3, -0.25) is 4.72 Å². The van der Waals surface area contributed by atoms with Crippen LogP contribution in [0.25, 0.3) is 0 Å². The van der Waals surface area contributed by atoms with Gasteiger partial charge in [-0.25, -0.2) is 13.4 Å². The van der Waals surface area contributed by atoms with Crippen LogP contribution in [-0.2, 0) is 16.6 Å². The summed E-state index contributed by atoms with van der Waals surface area (Å²) in [7, 11) is -3.33. The molecule has 108 valence electrons. The molecule has 0 amide bonds. The first-order chi connectivity index (χ1) is 9.35. The van der Waals surface area contributed by atoms with E-state index in [1.54, 1.807) is 24.5 Å². The number of imidazole rings is 1. The lowest BCUT2D eigenvalue weighted by Crippen LogP contribution is -2.10. The quantitative estimate of drug-likeness (QED) is 0.790. The largest absolute Gasteiger partial charge is 0.379 e. The highest BCUT2D eigenvalue weighted by Crippen LogP contribution is 2.26. The van der Waals surface area contributed by atoms with E-state index in [2.05, 4.69) is 20.0 Å². The zero-order valence-corrected chi connectivity index (χ0v) is 12.6. The van der Waals surface area contributed by atoms with Gasteiger partial charge in [-0.1, -0.05) is 11.6 Å². The number of nitrogens with zero attached hydrogens (tertiary/aromatic N) is 1. The molecule has 2 aromatic rings. The van der Waals surface area contributed by atoms with E-state index in [-0.39, 0.29) is 0 Å². The third-order valence-corrected chi connectivity index (χ3v) is 3.56. The molecule has 0 radical (unpaired) electrons. The lowest BCUT2D eigenvalue weighted by Gasteiger charge is -2.10. The van der Waals surface area contributed by atoms with Crippen LogP contribution in [0, 0.1) is 6.92 Å². The van der Waals surface area contributed by atoms with Crippen LogP contribution in [-0.4, -0.2) is 24.6 Å². The predicted octanol–water partition coefficient (Wildman–Crippen LogP) is 2.36. The van der Waals surface area contributed by atoms with Gasteiger partial charge in [0.25, 0.3) is 0 Å². The number of sulfonamides is 1. The van der Waals surface area contributed by atoms with Crippen molar-refractivity contribution in [2.45, 2.75) is 13.5 Å². The number of benzene rings is 1. The first kappa shape index (κ1) is 14.7. The van der Waals surface area contributed by atoms with Crippen LogP contribution >= 0.6 is 11.6 Å². The Morgan fingerprint density at radius 3 is 2.70 bits per heavy atom. The first-order valence-corrected chi connectivity index (χ1v) is 8.12. The highest BCUT2D eigenvalue weighted by atomic mass is 35.5. The number of aryl methyl sites for hydroxylation is 1. The van der Waals surface area contributed by atoms with Gasteiger partial charge in [0.15, 0.2) is 0 Å². The van der Waals surface area contributed by atoms with Crippen LogP contribution in [0.15, 0.2) is 24.5 Å². The maximum absolute atomic E-state index is 11.2. The maximum atomic E-state index is 11.2. The van der Waals surface area contributed by atoms with Crippen LogP contribution in [0.5, 0.6) is 0 Å². The van der Waals surface area contributed by atoms with Gasteiger partial charge in [0, 0.05) is 11.4 Å². The van der Waals surface area contributed by atoms with Crippen molar-refractivity contribution in [2.75, 3.05) is 16.3 Å². The minimum atomic E-state index is -3.33. The lowest BCUT2D eigenvalue weighted by atomic mass is 10.2. The van der Waals surface area contributed by atoms with Crippen LogP contribution in [0.1, 0.15) is 11.4 Å². The van der Waals surface area contributed by atoms with Crippen LogP contribution in [0.3, 0.4) is 0 Å². The molecule has 0 fully saturated rings. The molecule has 1 heterocycles. The molecule has 0 saturated carbocycles. The van der Waals surface area contributed by atoms with Crippen molar-refractivity contribution < 1.29 is 8.42 Å². The number of aromatic amines is 1. The number of nitrogens with one attached hydrogen (secondary N) is 3. The third-order valence-electron chi connectivity index (χ3n) is 2.66. The molecule has 0 saturated heterocycles. The molecule has 1 aromatic heterocycles. The molecule has 0 aliphatic heterocycles. The fourth-order valence-corrected chi connectivity index (χ4v) is 2.52. The van der Waals surface area contributed by atoms with E-state index >= 15 is 0 Å². The standard InChI is InChI=1S/C12H15ClN4O2S/c1-8-12(16-7-15-8)6-14-9-3-4-11(10(13)5-9)17-20(2,18)19/h3-5,7,14,17H,6H2,1-2H3,(H,15,16). The predicted molar refractivity (Wildman–Crippen MR) is 80.6 cm³/mol. The van der Waals surface area contributed by atoms with Crippen molar-refractivity contribution in [2.24, 2.45) is 0 Å². The molecule has 3 N–H and O–H groups in total. The minimum Gasteiger partial charge on any atom is -0.379 e. The fourth-order valence-electron chi connectivity index (χ4n) is 1.66. The van der Waals surface area contributed by atoms with Crippen molar-refractivity contribution in [1.82, 2.24) is 9.97 Å². The van der Waals surface area contributed by atoms with Gasteiger partial charge >= 0.3 is 0 Å². The number of hydrogen-bond acceptors (Lipinski definition) is 4. The highest BCUT2D eigenvalue weighted by Gasteiger charge is 2.07. The van der Waals surface area contributed by atoms with Gasteiger partial charge < -0.3 is 10.3 Å². The number of anilines is 2. The second-order valence-electron chi connectivity index (χ2n) is 4.40. The van der Waals surface area contributed by atoms with Gasteiger partial charge in [-0.15, -0.1) is 0 Å². The fraction of sp³-hybridized carbons (Fsp3) is 0.250. The van der Waals surface area contributed by atoms with Gasteiger partial charge in [0.1, 0.15) is 0 Å². The maximum Gasteiger partial charge on any atom is 0.229 e. The van der Waals surface area contributed by atoms with Gasteiger partial charge in [0.2, 0.25) is 10.0 Å². The van der Waals surface area contributed by atoms with E-state index < -0.39 is 10.0 Å². The molecule has 20 heavy (non-hydrogen) atoms. The molecule has 1 aromatic carbocycles. The Bertz CT molecular complexity index is 712. The van der Waals surface area contributed by atoms with Gasteiger partial charge in [-0.2, -0.15) is 0 Å². The normalized spacial score (nSPS) is 11.3. The van der Waals surface area contributed by atoms with E-state index in [0.717, 1.165) is 23.3 Å². The zero-order chi connectivity index (χ0) is 14.8. The van der Waals surface area contributed by atoms with Crippen molar-refractivity contribution in [3.8, 4) is 0 Å². The monoisotopic (exact) mass is 314 g/mol. The number of aromatic nitrogens is 2. The van der Waals surface area contributed by atoms with E-state index in [0.29, 0.717) is 17.3 Å². The summed E-state index contributed by atoms with van der Waals surface area (Å²) in [4.78, 5) is 7.17. The second-order valence-corrected chi connectivity index (χ2v) is 6.55. The Labute approximate surface area is 122 Å². The minimum absolute atomic E-state index is 0.333. The highest BCUT2D eigenvalue weighted by molar-refractivity contribution is 7.92. The van der Waals surface area contributed by atoms with Crippen molar-refractivity contribution >= 4 is 33.0 Å². The lowest BCUT2D eigenvalue weighted by molar-refractivity contribution is 0.607. The van der Waals surface area contributed by atoms with Gasteiger partial charge in [0.05, 0.1) is 35.5 Å². The topological polar surface area (TPSA) is 86.9 Å². The van der Waals surface area contributed by atoms with E-state index in [4.69, 9.17) is 11.6 Å². The summed E-state index contributed by atoms with van der Waals surface area (Å²) >= 11 is 6.04. The molecule has 0 unspecified atom stereocenters. The van der Waals surface area contributed by atoms with E-state index in [9.17, 15) is 8.42 Å². The summed E-state index contributed by atoms with van der Waals surface area (Å²) in [6, 6.07) is 5.03. The molecule has 0 spiro atoms. The molecular weight excluding hydrogens is 300 g/mol. The number of H-pyrrole nitrogens is 1. The Balaban J connectivity index is 2.07. The Morgan fingerprint density at radius 2 is 2.15 bits per heavy atom. The zero-order valence-electron chi connectivity index (χ0n) is 11.1. The third kappa shape index (κ3) is 3.88. The molecule has 2 rings (SSSR count). The summed E-state index contributed by atoms with van der Waals surface area (Å²) < 4.78 is 24.7. The molecule has 0 atom stereocenters. The SMILES string of the molecule is Cc1[nH]cnc1CNc1ccc(NS(C)(=O)=O)c(Cl)c1. The molecule has 8 heteroatoms. The average Bonchev–Trinajstić information content (AvgIpc) is 2.74. The number of hydrogen-bond donors (Lipinski definition) is 3. The Morgan fingerprint density at radius 1 is 1.40 bits per heavy atom. The summed E-state index contributed by atoms with van der Waals surface area (Å²) in [5.41, 5.74) is 3.06. The van der Waals surface area contributed by atoms with E-state index in [1.165, 1.54) is 0 Å². The van der Waals surface area contributed by atoms with E-state index in [1.807, 2.05) is 6.92 Å². The van der Waals surface area contributed by atoms with Crippen molar-refractivity contribution in [3.63, 3.8) is 0 Å². The smallest absolute Gasteiger partial charge is 0.229 e. The van der Waals surface area contributed by atoms with Gasteiger partial charge in [-0.05, 0) is 25.1 Å². The number of halogens is 1.